The van der Waals surface area contributed by atoms with Crippen molar-refractivity contribution in [1.82, 2.24) is 4.98 Å². The maximum atomic E-state index is 4.06. The normalized spacial score (nSPS) is 10.6. The summed E-state index contributed by atoms with van der Waals surface area (Å²) in [5.41, 5.74) is 2.44. The molecule has 0 saturated heterocycles. The Hall–Kier alpha value is -1.67. The van der Waals surface area contributed by atoms with Crippen LogP contribution < -0.4 is 0 Å². The summed E-state index contributed by atoms with van der Waals surface area (Å²) >= 11 is 3.59. The van der Waals surface area contributed by atoms with Crippen LogP contribution in [0.15, 0.2) is 65.4 Å². The van der Waals surface area contributed by atoms with Gasteiger partial charge in [0.2, 0.25) is 0 Å². The standard InChI is InChI=1S/C15H10BrN/c16-15-6-2-4-13-12(3-1-5-14(13)15)11-7-9-17-10-8-11/h1-10H. The van der Waals surface area contributed by atoms with Crippen LogP contribution in [-0.2, 0) is 0 Å². The van der Waals surface area contributed by atoms with Crippen molar-refractivity contribution in [1.29, 1.82) is 0 Å². The highest BCUT2D eigenvalue weighted by Gasteiger charge is 2.04. The lowest BCUT2D eigenvalue weighted by molar-refractivity contribution is 1.33. The molecule has 0 saturated carbocycles. The molecule has 0 aliphatic heterocycles. The summed E-state index contributed by atoms with van der Waals surface area (Å²) in [6.07, 6.45) is 3.65. The number of aromatic nitrogens is 1. The van der Waals surface area contributed by atoms with E-state index in [9.17, 15) is 0 Å². The van der Waals surface area contributed by atoms with Gasteiger partial charge in [0, 0.05) is 16.9 Å². The van der Waals surface area contributed by atoms with E-state index in [4.69, 9.17) is 0 Å². The molecule has 1 nitrogen and oxygen atoms in total. The molecule has 1 heterocycles. The van der Waals surface area contributed by atoms with Crippen LogP contribution in [0.2, 0.25) is 0 Å². The summed E-state index contributed by atoms with van der Waals surface area (Å²) in [5.74, 6) is 0. The number of benzene rings is 2. The third-order valence-corrected chi connectivity index (χ3v) is 3.55. The van der Waals surface area contributed by atoms with Gasteiger partial charge >= 0.3 is 0 Å². The zero-order valence-electron chi connectivity index (χ0n) is 9.10. The van der Waals surface area contributed by atoms with Gasteiger partial charge in [0.15, 0.2) is 0 Å². The van der Waals surface area contributed by atoms with Crippen molar-refractivity contribution in [3.8, 4) is 11.1 Å². The van der Waals surface area contributed by atoms with Crippen LogP contribution in [0, 0.1) is 0 Å². The van der Waals surface area contributed by atoms with E-state index in [2.05, 4.69) is 57.3 Å². The Morgan fingerprint density at radius 3 is 2.29 bits per heavy atom. The van der Waals surface area contributed by atoms with E-state index in [0.717, 1.165) is 4.47 Å². The molecule has 82 valence electrons. The average molecular weight is 284 g/mol. The second-order valence-corrected chi connectivity index (χ2v) is 4.73. The lowest BCUT2D eigenvalue weighted by Crippen LogP contribution is -1.82. The fraction of sp³-hybridized carbons (Fsp3) is 0. The van der Waals surface area contributed by atoms with Gasteiger partial charge in [-0.3, -0.25) is 4.98 Å². The van der Waals surface area contributed by atoms with E-state index in [1.165, 1.54) is 21.9 Å². The highest BCUT2D eigenvalue weighted by molar-refractivity contribution is 9.10. The Kier molecular flexibility index (Phi) is 2.65. The van der Waals surface area contributed by atoms with Crippen molar-refractivity contribution >= 4 is 26.7 Å². The van der Waals surface area contributed by atoms with E-state index in [1.54, 1.807) is 0 Å². The van der Waals surface area contributed by atoms with Crippen molar-refractivity contribution in [2.45, 2.75) is 0 Å². The first-order valence-corrected chi connectivity index (χ1v) is 6.23. The van der Waals surface area contributed by atoms with Crippen LogP contribution in [0.25, 0.3) is 21.9 Å². The van der Waals surface area contributed by atoms with E-state index in [-0.39, 0.29) is 0 Å². The molecule has 0 bridgehead atoms. The predicted molar refractivity (Wildman–Crippen MR) is 74.9 cm³/mol. The quantitative estimate of drug-likeness (QED) is 0.633. The minimum atomic E-state index is 1.13. The topological polar surface area (TPSA) is 12.9 Å². The zero-order chi connectivity index (χ0) is 11.7. The fourth-order valence-corrected chi connectivity index (χ4v) is 2.55. The third-order valence-electron chi connectivity index (χ3n) is 2.86. The maximum Gasteiger partial charge on any atom is 0.0273 e. The molecule has 1 aromatic heterocycles. The average Bonchev–Trinajstić information content (AvgIpc) is 2.40. The Balaban J connectivity index is 2.35. The van der Waals surface area contributed by atoms with Crippen molar-refractivity contribution in [2.75, 3.05) is 0 Å². The Labute approximate surface area is 108 Å². The maximum absolute atomic E-state index is 4.06. The number of rotatable bonds is 1. The smallest absolute Gasteiger partial charge is 0.0273 e. The van der Waals surface area contributed by atoms with Crippen LogP contribution in [0.4, 0.5) is 0 Å². The van der Waals surface area contributed by atoms with Crippen LogP contribution >= 0.6 is 15.9 Å². The number of pyridine rings is 1. The Bertz CT molecular complexity index is 662. The van der Waals surface area contributed by atoms with Crippen molar-refractivity contribution in [3.63, 3.8) is 0 Å². The molecule has 2 heteroatoms. The van der Waals surface area contributed by atoms with Gasteiger partial charge in [-0.15, -0.1) is 0 Å². The van der Waals surface area contributed by atoms with Gasteiger partial charge in [-0.05, 0) is 40.1 Å². The van der Waals surface area contributed by atoms with Crippen LogP contribution in [0.3, 0.4) is 0 Å². The monoisotopic (exact) mass is 283 g/mol. The lowest BCUT2D eigenvalue weighted by atomic mass is 9.99. The van der Waals surface area contributed by atoms with Gasteiger partial charge in [0.05, 0.1) is 0 Å². The van der Waals surface area contributed by atoms with Crippen molar-refractivity contribution < 1.29 is 0 Å². The molecule has 0 N–H and O–H groups in total. The molecule has 0 amide bonds. The molecule has 3 rings (SSSR count). The molecule has 0 spiro atoms. The van der Waals surface area contributed by atoms with Gasteiger partial charge in [0.25, 0.3) is 0 Å². The summed E-state index contributed by atoms with van der Waals surface area (Å²) in [6, 6.07) is 16.7. The summed E-state index contributed by atoms with van der Waals surface area (Å²) in [4.78, 5) is 4.06. The molecular weight excluding hydrogens is 274 g/mol. The summed E-state index contributed by atoms with van der Waals surface area (Å²) < 4.78 is 1.13. The fourth-order valence-electron chi connectivity index (χ4n) is 2.05. The van der Waals surface area contributed by atoms with Crippen molar-refractivity contribution in [3.05, 3.63) is 65.4 Å². The molecule has 2 aromatic carbocycles. The highest BCUT2D eigenvalue weighted by Crippen LogP contribution is 2.31. The summed E-state index contributed by atoms with van der Waals surface area (Å²) in [5, 5.41) is 2.50. The van der Waals surface area contributed by atoms with Crippen LogP contribution in [-0.4, -0.2) is 4.98 Å². The lowest BCUT2D eigenvalue weighted by Gasteiger charge is -2.07. The van der Waals surface area contributed by atoms with Crippen molar-refractivity contribution in [2.24, 2.45) is 0 Å². The largest absolute Gasteiger partial charge is 0.265 e. The number of nitrogens with zero attached hydrogens (tertiary/aromatic N) is 1. The van der Waals surface area contributed by atoms with Gasteiger partial charge in [-0.1, -0.05) is 46.3 Å². The zero-order valence-corrected chi connectivity index (χ0v) is 10.7. The van der Waals surface area contributed by atoms with E-state index >= 15 is 0 Å². The SMILES string of the molecule is Brc1cccc2c(-c3ccncc3)cccc12. The van der Waals surface area contributed by atoms with Gasteiger partial charge in [0.1, 0.15) is 0 Å². The molecule has 0 aliphatic carbocycles. The molecule has 3 aromatic rings. The number of hydrogen-bond acceptors (Lipinski definition) is 1. The highest BCUT2D eigenvalue weighted by atomic mass is 79.9. The second-order valence-electron chi connectivity index (χ2n) is 3.88. The summed E-state index contributed by atoms with van der Waals surface area (Å²) in [7, 11) is 0. The molecule has 17 heavy (non-hydrogen) atoms. The van der Waals surface area contributed by atoms with Gasteiger partial charge < -0.3 is 0 Å². The summed E-state index contributed by atoms with van der Waals surface area (Å²) in [6.45, 7) is 0. The number of halogens is 1. The molecule has 0 aliphatic rings. The first-order valence-electron chi connectivity index (χ1n) is 5.44. The Morgan fingerprint density at radius 1 is 0.765 bits per heavy atom. The van der Waals surface area contributed by atoms with Gasteiger partial charge in [-0.25, -0.2) is 0 Å². The minimum Gasteiger partial charge on any atom is -0.265 e. The predicted octanol–water partition coefficient (Wildman–Crippen LogP) is 4.66. The Morgan fingerprint density at radius 2 is 1.47 bits per heavy atom. The number of hydrogen-bond donors (Lipinski definition) is 0. The van der Waals surface area contributed by atoms with E-state index in [0.29, 0.717) is 0 Å². The first-order chi connectivity index (χ1) is 8.36. The molecule has 0 radical (unpaired) electrons. The minimum absolute atomic E-state index is 1.13. The second kappa shape index (κ2) is 4.30. The molecular formula is C15H10BrN. The third kappa shape index (κ3) is 1.85. The number of fused-ring (bicyclic) bond motifs is 1. The van der Waals surface area contributed by atoms with Crippen LogP contribution in [0.5, 0.6) is 0 Å². The first kappa shape index (κ1) is 10.5. The molecule has 0 unspecified atom stereocenters. The molecule has 0 atom stereocenters. The van der Waals surface area contributed by atoms with E-state index < -0.39 is 0 Å². The van der Waals surface area contributed by atoms with Gasteiger partial charge in [-0.2, -0.15) is 0 Å². The molecule has 0 fully saturated rings. The van der Waals surface area contributed by atoms with Crippen LogP contribution in [0.1, 0.15) is 0 Å². The van der Waals surface area contributed by atoms with E-state index in [1.807, 2.05) is 24.5 Å².